The summed E-state index contributed by atoms with van der Waals surface area (Å²) in [6, 6.07) is 14.4. The van der Waals surface area contributed by atoms with Gasteiger partial charge in [-0.3, -0.25) is 0 Å². The molecule has 4 aromatic rings. The van der Waals surface area contributed by atoms with Crippen molar-refractivity contribution in [2.75, 3.05) is 18.9 Å². The van der Waals surface area contributed by atoms with E-state index < -0.39 is 0 Å². The van der Waals surface area contributed by atoms with E-state index in [0.717, 1.165) is 22.2 Å². The van der Waals surface area contributed by atoms with Crippen LogP contribution in [0.2, 0.25) is 0 Å². The van der Waals surface area contributed by atoms with Gasteiger partial charge in [-0.15, -0.1) is 0 Å². The lowest BCUT2D eigenvalue weighted by Crippen LogP contribution is -2.02. The number of ether oxygens (including phenoxy) is 1. The lowest BCUT2D eigenvalue weighted by atomic mass is 10.1. The molecule has 0 aliphatic carbocycles. The van der Waals surface area contributed by atoms with E-state index in [9.17, 15) is 5.11 Å². The molecule has 0 aliphatic rings. The summed E-state index contributed by atoms with van der Waals surface area (Å²) < 4.78 is 7.43. The smallest absolute Gasteiger partial charge is 0.150 e. The maximum absolute atomic E-state index is 9.57. The van der Waals surface area contributed by atoms with E-state index in [0.29, 0.717) is 17.2 Å². The van der Waals surface area contributed by atoms with Crippen molar-refractivity contribution >= 4 is 16.9 Å². The minimum absolute atomic E-state index is 0.0502. The standard InChI is InChI=1S/C20H18N4O3/c21-19-18-17(13-4-6-15(26)7-5-13)11-24(20(18)23-12-22-19)14-2-1-3-16(10-14)27-9-8-25/h1-7,10-12,25-26H,8-9H2,(H2,21,22,23). The normalized spacial score (nSPS) is 11.0. The summed E-state index contributed by atoms with van der Waals surface area (Å²) in [5, 5.41) is 19.3. The van der Waals surface area contributed by atoms with E-state index in [1.165, 1.54) is 6.33 Å². The molecule has 4 N–H and O–H groups in total. The Morgan fingerprint density at radius 3 is 2.67 bits per heavy atom. The van der Waals surface area contributed by atoms with Crippen molar-refractivity contribution < 1.29 is 14.9 Å². The third-order valence-electron chi connectivity index (χ3n) is 4.25. The number of phenols is 1. The van der Waals surface area contributed by atoms with Crippen molar-refractivity contribution in [3.8, 4) is 28.3 Å². The van der Waals surface area contributed by atoms with E-state index in [1.807, 2.05) is 47.2 Å². The number of aliphatic hydroxyl groups excluding tert-OH is 1. The number of nitrogens with two attached hydrogens (primary N) is 1. The van der Waals surface area contributed by atoms with E-state index in [1.54, 1.807) is 12.1 Å². The number of aliphatic hydroxyl groups is 1. The first-order chi connectivity index (χ1) is 13.2. The lowest BCUT2D eigenvalue weighted by molar-refractivity contribution is 0.201. The molecule has 0 fully saturated rings. The Morgan fingerprint density at radius 1 is 1.07 bits per heavy atom. The highest BCUT2D eigenvalue weighted by Gasteiger charge is 2.16. The lowest BCUT2D eigenvalue weighted by Gasteiger charge is -2.08. The predicted octanol–water partition coefficient (Wildman–Crippen LogP) is 2.75. The molecule has 27 heavy (non-hydrogen) atoms. The second kappa shape index (κ2) is 6.97. The summed E-state index contributed by atoms with van der Waals surface area (Å²) >= 11 is 0. The zero-order valence-corrected chi connectivity index (χ0v) is 14.4. The second-order valence-electron chi connectivity index (χ2n) is 5.99. The summed E-state index contributed by atoms with van der Waals surface area (Å²) in [5.41, 5.74) is 9.42. The van der Waals surface area contributed by atoms with Gasteiger partial charge < -0.3 is 25.3 Å². The van der Waals surface area contributed by atoms with Crippen molar-refractivity contribution in [3.05, 3.63) is 61.1 Å². The predicted molar refractivity (Wildman–Crippen MR) is 103 cm³/mol. The van der Waals surface area contributed by atoms with Crippen molar-refractivity contribution in [1.82, 2.24) is 14.5 Å². The zero-order valence-electron chi connectivity index (χ0n) is 14.4. The van der Waals surface area contributed by atoms with Crippen LogP contribution < -0.4 is 10.5 Å². The van der Waals surface area contributed by atoms with Crippen LogP contribution in [0.25, 0.3) is 27.8 Å². The molecule has 0 unspecified atom stereocenters. The monoisotopic (exact) mass is 362 g/mol. The molecule has 0 saturated heterocycles. The van der Waals surface area contributed by atoms with Crippen LogP contribution in [0.4, 0.5) is 5.82 Å². The molecular weight excluding hydrogens is 344 g/mol. The largest absolute Gasteiger partial charge is 0.508 e. The zero-order chi connectivity index (χ0) is 18.8. The van der Waals surface area contributed by atoms with Crippen molar-refractivity contribution in [2.24, 2.45) is 0 Å². The Kier molecular flexibility index (Phi) is 4.35. The minimum Gasteiger partial charge on any atom is -0.508 e. The van der Waals surface area contributed by atoms with Crippen molar-refractivity contribution in [3.63, 3.8) is 0 Å². The molecule has 2 heterocycles. The van der Waals surface area contributed by atoms with Gasteiger partial charge in [0.2, 0.25) is 0 Å². The maximum Gasteiger partial charge on any atom is 0.150 e. The Labute approximate surface area is 155 Å². The fraction of sp³-hybridized carbons (Fsp3) is 0.100. The molecule has 0 saturated carbocycles. The van der Waals surface area contributed by atoms with Crippen molar-refractivity contribution in [2.45, 2.75) is 0 Å². The number of rotatable bonds is 5. The van der Waals surface area contributed by atoms with Gasteiger partial charge in [-0.05, 0) is 29.8 Å². The van der Waals surface area contributed by atoms with Crippen LogP contribution in [-0.4, -0.2) is 38.0 Å². The van der Waals surface area contributed by atoms with E-state index in [-0.39, 0.29) is 19.0 Å². The summed E-state index contributed by atoms with van der Waals surface area (Å²) in [6.07, 6.45) is 3.37. The highest BCUT2D eigenvalue weighted by atomic mass is 16.5. The van der Waals surface area contributed by atoms with Gasteiger partial charge in [0.05, 0.1) is 17.7 Å². The molecule has 136 valence electrons. The fourth-order valence-corrected chi connectivity index (χ4v) is 3.03. The minimum atomic E-state index is -0.0502. The molecule has 0 aliphatic heterocycles. The number of nitrogen functional groups attached to an aromatic ring is 1. The Hall–Kier alpha value is -3.58. The highest BCUT2D eigenvalue weighted by Crippen LogP contribution is 2.35. The van der Waals surface area contributed by atoms with Gasteiger partial charge in [0.25, 0.3) is 0 Å². The van der Waals surface area contributed by atoms with E-state index in [4.69, 9.17) is 15.6 Å². The summed E-state index contributed by atoms with van der Waals surface area (Å²) in [6.45, 7) is 0.176. The van der Waals surface area contributed by atoms with Crippen LogP contribution in [0.1, 0.15) is 0 Å². The number of hydrogen-bond donors (Lipinski definition) is 3. The molecule has 7 nitrogen and oxygen atoms in total. The molecule has 7 heteroatoms. The highest BCUT2D eigenvalue weighted by molar-refractivity contribution is 6.01. The average Bonchev–Trinajstić information content (AvgIpc) is 3.08. The Bertz CT molecular complexity index is 1090. The number of aromatic nitrogens is 3. The van der Waals surface area contributed by atoms with Crippen molar-refractivity contribution in [1.29, 1.82) is 0 Å². The summed E-state index contributed by atoms with van der Waals surface area (Å²) in [4.78, 5) is 8.54. The molecular formula is C20H18N4O3. The van der Waals surface area contributed by atoms with Gasteiger partial charge in [0.1, 0.15) is 30.3 Å². The number of nitrogens with zero attached hydrogens (tertiary/aromatic N) is 3. The average molecular weight is 362 g/mol. The Balaban J connectivity index is 1.90. The van der Waals surface area contributed by atoms with Crippen LogP contribution >= 0.6 is 0 Å². The number of phenolic OH excluding ortho intramolecular Hbond substituents is 1. The van der Waals surface area contributed by atoms with Crippen LogP contribution in [0.15, 0.2) is 61.1 Å². The third-order valence-corrected chi connectivity index (χ3v) is 4.25. The van der Waals surface area contributed by atoms with Gasteiger partial charge in [0.15, 0.2) is 5.65 Å². The fourth-order valence-electron chi connectivity index (χ4n) is 3.03. The third kappa shape index (κ3) is 3.16. The van der Waals surface area contributed by atoms with Gasteiger partial charge in [-0.1, -0.05) is 18.2 Å². The van der Waals surface area contributed by atoms with Crippen LogP contribution in [0.5, 0.6) is 11.5 Å². The maximum atomic E-state index is 9.57. The number of benzene rings is 2. The van der Waals surface area contributed by atoms with Gasteiger partial charge in [-0.25, -0.2) is 9.97 Å². The number of fused-ring (bicyclic) bond motifs is 1. The van der Waals surface area contributed by atoms with Crippen LogP contribution in [-0.2, 0) is 0 Å². The van der Waals surface area contributed by atoms with Crippen LogP contribution in [0.3, 0.4) is 0 Å². The molecule has 0 amide bonds. The first-order valence-corrected chi connectivity index (χ1v) is 8.42. The number of aromatic hydroxyl groups is 1. The molecule has 4 rings (SSSR count). The topological polar surface area (TPSA) is 106 Å². The molecule has 0 atom stereocenters. The van der Waals surface area contributed by atoms with Gasteiger partial charge >= 0.3 is 0 Å². The molecule has 2 aromatic heterocycles. The van der Waals surface area contributed by atoms with E-state index in [2.05, 4.69) is 9.97 Å². The molecule has 0 bridgehead atoms. The first kappa shape index (κ1) is 16.9. The quantitative estimate of drug-likeness (QED) is 0.504. The molecule has 2 aromatic carbocycles. The second-order valence-corrected chi connectivity index (χ2v) is 5.99. The van der Waals surface area contributed by atoms with Gasteiger partial charge in [0, 0.05) is 17.8 Å². The molecule has 0 radical (unpaired) electrons. The Morgan fingerprint density at radius 2 is 1.89 bits per heavy atom. The summed E-state index contributed by atoms with van der Waals surface area (Å²) in [5.74, 6) is 1.23. The SMILES string of the molecule is Nc1ncnc2c1c(-c1ccc(O)cc1)cn2-c1cccc(OCCO)c1. The first-order valence-electron chi connectivity index (χ1n) is 8.42. The van der Waals surface area contributed by atoms with E-state index >= 15 is 0 Å². The number of hydrogen-bond acceptors (Lipinski definition) is 6. The number of anilines is 1. The van der Waals surface area contributed by atoms with Gasteiger partial charge in [-0.2, -0.15) is 0 Å². The molecule has 0 spiro atoms. The van der Waals surface area contributed by atoms with Crippen LogP contribution in [0, 0.1) is 0 Å². The summed E-state index contributed by atoms with van der Waals surface area (Å²) in [7, 11) is 0.